The van der Waals surface area contributed by atoms with Gasteiger partial charge in [0.25, 0.3) is 0 Å². The first-order valence-corrected chi connectivity index (χ1v) is 6.30. The number of anilines is 1. The van der Waals surface area contributed by atoms with Crippen LogP contribution in [-0.4, -0.2) is 24.7 Å². The molecule has 0 bridgehead atoms. The molecule has 3 aromatic rings. The molecule has 0 atom stereocenters. The second kappa shape index (κ2) is 5.92. The minimum Gasteiger partial charge on any atom is -0.379 e. The fraction of sp³-hybridized carbons (Fsp3) is 0.143. The second-order valence-corrected chi connectivity index (χ2v) is 4.34. The lowest BCUT2D eigenvalue weighted by atomic mass is 10.2. The number of nitrogens with zero attached hydrogens (tertiary/aromatic N) is 5. The maximum absolute atomic E-state index is 4.23. The van der Waals surface area contributed by atoms with Crippen LogP contribution in [0.25, 0.3) is 0 Å². The molecule has 2 aromatic heterocycles. The highest BCUT2D eigenvalue weighted by atomic mass is 15.3. The van der Waals surface area contributed by atoms with Gasteiger partial charge in [-0.15, -0.1) is 0 Å². The van der Waals surface area contributed by atoms with Crippen molar-refractivity contribution in [2.24, 2.45) is 0 Å². The number of aromatic nitrogens is 5. The van der Waals surface area contributed by atoms with Crippen molar-refractivity contribution in [3.05, 3.63) is 66.8 Å². The Morgan fingerprint density at radius 2 is 2.15 bits per heavy atom. The number of hydrogen-bond donors (Lipinski definition) is 1. The van der Waals surface area contributed by atoms with Crippen LogP contribution in [0.15, 0.2) is 55.5 Å². The highest BCUT2D eigenvalue weighted by molar-refractivity contribution is 5.45. The van der Waals surface area contributed by atoms with Gasteiger partial charge in [0.2, 0.25) is 0 Å². The Balaban J connectivity index is 1.65. The van der Waals surface area contributed by atoms with Crippen LogP contribution in [0.2, 0.25) is 0 Å². The van der Waals surface area contributed by atoms with Crippen molar-refractivity contribution in [2.45, 2.75) is 13.1 Å². The van der Waals surface area contributed by atoms with Crippen molar-refractivity contribution in [1.82, 2.24) is 24.7 Å². The quantitative estimate of drug-likeness (QED) is 0.761. The molecule has 0 saturated heterocycles. The summed E-state index contributed by atoms with van der Waals surface area (Å²) in [7, 11) is 0. The van der Waals surface area contributed by atoms with Gasteiger partial charge in [-0.25, -0.2) is 9.67 Å². The summed E-state index contributed by atoms with van der Waals surface area (Å²) < 4.78 is 1.79. The zero-order valence-corrected chi connectivity index (χ0v) is 10.8. The monoisotopic (exact) mass is 266 g/mol. The standard InChI is InChI=1S/C14H14N6/c1-2-12(9-20-11-16-10-19-20)6-13(3-1)18-8-14-7-15-4-5-17-14/h1-7,10-11,18H,8-9H2. The average Bonchev–Trinajstić information content (AvgIpc) is 3.00. The predicted molar refractivity (Wildman–Crippen MR) is 74.9 cm³/mol. The van der Waals surface area contributed by atoms with E-state index in [1.54, 1.807) is 29.6 Å². The van der Waals surface area contributed by atoms with Crippen molar-refractivity contribution >= 4 is 5.69 Å². The molecular weight excluding hydrogens is 252 g/mol. The molecule has 20 heavy (non-hydrogen) atoms. The van der Waals surface area contributed by atoms with Crippen LogP contribution < -0.4 is 5.32 Å². The Hall–Kier alpha value is -2.76. The van der Waals surface area contributed by atoms with E-state index in [0.717, 1.165) is 11.4 Å². The summed E-state index contributed by atoms with van der Waals surface area (Å²) in [5.41, 5.74) is 3.13. The van der Waals surface area contributed by atoms with Crippen molar-refractivity contribution in [1.29, 1.82) is 0 Å². The summed E-state index contributed by atoms with van der Waals surface area (Å²) in [6, 6.07) is 8.21. The van der Waals surface area contributed by atoms with Crippen molar-refractivity contribution in [2.75, 3.05) is 5.32 Å². The number of rotatable bonds is 5. The third kappa shape index (κ3) is 3.17. The van der Waals surface area contributed by atoms with Gasteiger partial charge >= 0.3 is 0 Å². The van der Waals surface area contributed by atoms with E-state index in [1.807, 2.05) is 12.1 Å². The summed E-state index contributed by atoms with van der Waals surface area (Å²) in [4.78, 5) is 12.2. The molecule has 0 aliphatic heterocycles. The van der Waals surface area contributed by atoms with E-state index >= 15 is 0 Å². The molecule has 2 heterocycles. The molecule has 0 spiro atoms. The first-order chi connectivity index (χ1) is 9.90. The average molecular weight is 266 g/mol. The Labute approximate surface area is 116 Å². The molecule has 0 saturated carbocycles. The van der Waals surface area contributed by atoms with Crippen LogP contribution in [0.5, 0.6) is 0 Å². The van der Waals surface area contributed by atoms with Crippen LogP contribution in [0.3, 0.4) is 0 Å². The Kier molecular flexibility index (Phi) is 3.64. The third-order valence-electron chi connectivity index (χ3n) is 2.83. The molecule has 3 rings (SSSR count). The lowest BCUT2D eigenvalue weighted by Gasteiger charge is -2.08. The zero-order chi connectivity index (χ0) is 13.6. The highest BCUT2D eigenvalue weighted by Gasteiger charge is 1.99. The van der Waals surface area contributed by atoms with Gasteiger partial charge in [-0.3, -0.25) is 9.97 Å². The van der Waals surface area contributed by atoms with Gasteiger partial charge in [0.05, 0.1) is 25.0 Å². The first-order valence-electron chi connectivity index (χ1n) is 6.30. The van der Waals surface area contributed by atoms with Gasteiger partial charge in [0, 0.05) is 18.1 Å². The maximum atomic E-state index is 4.23. The zero-order valence-electron chi connectivity index (χ0n) is 10.8. The molecule has 6 heteroatoms. The topological polar surface area (TPSA) is 68.5 Å². The molecule has 0 radical (unpaired) electrons. The van der Waals surface area contributed by atoms with Gasteiger partial charge in [0.1, 0.15) is 12.7 Å². The summed E-state index contributed by atoms with van der Waals surface area (Å²) in [6.07, 6.45) is 8.36. The molecule has 0 aliphatic carbocycles. The Bertz CT molecular complexity index is 650. The smallest absolute Gasteiger partial charge is 0.137 e. The van der Waals surface area contributed by atoms with Crippen LogP contribution in [-0.2, 0) is 13.1 Å². The largest absolute Gasteiger partial charge is 0.379 e. The number of benzene rings is 1. The summed E-state index contributed by atoms with van der Waals surface area (Å²) in [5, 5.41) is 7.43. The fourth-order valence-electron chi connectivity index (χ4n) is 1.89. The summed E-state index contributed by atoms with van der Waals surface area (Å²) >= 11 is 0. The molecule has 1 aromatic carbocycles. The molecule has 1 N–H and O–H groups in total. The molecular formula is C14H14N6. The van der Waals surface area contributed by atoms with E-state index in [0.29, 0.717) is 13.1 Å². The van der Waals surface area contributed by atoms with Gasteiger partial charge < -0.3 is 5.32 Å². The second-order valence-electron chi connectivity index (χ2n) is 4.34. The van der Waals surface area contributed by atoms with Crippen molar-refractivity contribution in [3.8, 4) is 0 Å². The molecule has 0 aliphatic rings. The van der Waals surface area contributed by atoms with E-state index in [1.165, 1.54) is 11.9 Å². The molecule has 0 fully saturated rings. The fourth-order valence-corrected chi connectivity index (χ4v) is 1.89. The number of hydrogen-bond acceptors (Lipinski definition) is 5. The van der Waals surface area contributed by atoms with E-state index in [2.05, 4.69) is 37.5 Å². The summed E-state index contributed by atoms with van der Waals surface area (Å²) in [6.45, 7) is 1.36. The Morgan fingerprint density at radius 1 is 1.15 bits per heavy atom. The first kappa shape index (κ1) is 12.3. The van der Waals surface area contributed by atoms with Gasteiger partial charge in [0.15, 0.2) is 0 Å². The lowest BCUT2D eigenvalue weighted by Crippen LogP contribution is -2.04. The van der Waals surface area contributed by atoms with E-state index in [-0.39, 0.29) is 0 Å². The van der Waals surface area contributed by atoms with Gasteiger partial charge in [-0.2, -0.15) is 5.10 Å². The third-order valence-corrected chi connectivity index (χ3v) is 2.83. The van der Waals surface area contributed by atoms with E-state index < -0.39 is 0 Å². The van der Waals surface area contributed by atoms with E-state index in [4.69, 9.17) is 0 Å². The van der Waals surface area contributed by atoms with Crippen LogP contribution >= 0.6 is 0 Å². The van der Waals surface area contributed by atoms with Crippen molar-refractivity contribution < 1.29 is 0 Å². The normalized spacial score (nSPS) is 10.4. The maximum Gasteiger partial charge on any atom is 0.137 e. The molecule has 0 unspecified atom stereocenters. The minimum absolute atomic E-state index is 0.653. The SMILES string of the molecule is c1cc(Cn2cncn2)cc(NCc2cnccn2)c1. The minimum atomic E-state index is 0.653. The molecule has 0 amide bonds. The lowest BCUT2D eigenvalue weighted by molar-refractivity contribution is 0.685. The number of nitrogens with one attached hydrogen (secondary N) is 1. The van der Waals surface area contributed by atoms with Gasteiger partial charge in [-0.05, 0) is 17.7 Å². The van der Waals surface area contributed by atoms with Crippen LogP contribution in [0, 0.1) is 0 Å². The van der Waals surface area contributed by atoms with Crippen LogP contribution in [0.4, 0.5) is 5.69 Å². The Morgan fingerprint density at radius 3 is 2.95 bits per heavy atom. The molecule has 100 valence electrons. The predicted octanol–water partition coefficient (Wildman–Crippen LogP) is 1.73. The summed E-state index contributed by atoms with van der Waals surface area (Å²) in [5.74, 6) is 0. The highest BCUT2D eigenvalue weighted by Crippen LogP contribution is 2.12. The van der Waals surface area contributed by atoms with E-state index in [9.17, 15) is 0 Å². The van der Waals surface area contributed by atoms with Crippen molar-refractivity contribution in [3.63, 3.8) is 0 Å². The van der Waals surface area contributed by atoms with Crippen LogP contribution in [0.1, 0.15) is 11.3 Å². The van der Waals surface area contributed by atoms with Gasteiger partial charge in [-0.1, -0.05) is 12.1 Å². The molecule has 6 nitrogen and oxygen atoms in total.